The third kappa shape index (κ3) is 2.68. The van der Waals surface area contributed by atoms with Gasteiger partial charge < -0.3 is 4.74 Å². The van der Waals surface area contributed by atoms with Crippen LogP contribution in [0.5, 0.6) is 0 Å². The quantitative estimate of drug-likeness (QED) is 0.545. The highest BCUT2D eigenvalue weighted by atomic mass is 16.5. The number of hydrogen-bond acceptors (Lipinski definition) is 6. The molecular weight excluding hydrogens is 232 g/mol. The van der Waals surface area contributed by atoms with Gasteiger partial charge in [-0.2, -0.15) is 4.80 Å². The lowest BCUT2D eigenvalue weighted by atomic mass is 9.89. The molecule has 0 aromatic carbocycles. The van der Waals surface area contributed by atoms with Crippen molar-refractivity contribution in [3.05, 3.63) is 5.82 Å². The van der Waals surface area contributed by atoms with Gasteiger partial charge in [0.15, 0.2) is 5.82 Å². The Bertz CT molecular complexity index is 373. The Balaban J connectivity index is 2.10. The summed E-state index contributed by atoms with van der Waals surface area (Å²) in [5.41, 5.74) is 2.71. The summed E-state index contributed by atoms with van der Waals surface area (Å²) in [6.45, 7) is 2.72. The van der Waals surface area contributed by atoms with Crippen molar-refractivity contribution in [2.75, 3.05) is 6.61 Å². The summed E-state index contributed by atoms with van der Waals surface area (Å²) >= 11 is 0. The lowest BCUT2D eigenvalue weighted by Gasteiger charge is -2.36. The topological polar surface area (TPSA) is 90.9 Å². The van der Waals surface area contributed by atoms with Gasteiger partial charge in [-0.15, -0.1) is 10.2 Å². The number of ether oxygens (including phenoxy) is 1. The minimum Gasteiger partial charge on any atom is -0.374 e. The van der Waals surface area contributed by atoms with Crippen LogP contribution in [0.3, 0.4) is 0 Å². The first-order chi connectivity index (χ1) is 8.70. The van der Waals surface area contributed by atoms with Gasteiger partial charge in [-0.25, -0.2) is 0 Å². The van der Waals surface area contributed by atoms with E-state index in [9.17, 15) is 0 Å². The number of rotatable bonds is 6. The zero-order valence-electron chi connectivity index (χ0n) is 11.1. The van der Waals surface area contributed by atoms with E-state index in [4.69, 9.17) is 10.6 Å². The van der Waals surface area contributed by atoms with Crippen molar-refractivity contribution in [2.45, 2.75) is 50.7 Å². The smallest absolute Gasteiger partial charge is 0.176 e. The summed E-state index contributed by atoms with van der Waals surface area (Å²) in [6.07, 6.45) is 5.09. The second kappa shape index (κ2) is 5.73. The Morgan fingerprint density at radius 1 is 1.50 bits per heavy atom. The molecule has 0 spiro atoms. The highest BCUT2D eigenvalue weighted by Gasteiger charge is 2.42. The summed E-state index contributed by atoms with van der Waals surface area (Å²) in [6, 6.07) is 0.0316. The summed E-state index contributed by atoms with van der Waals surface area (Å²) in [5.74, 6) is 6.41. The minimum absolute atomic E-state index is 0.0316. The molecule has 0 saturated heterocycles. The third-order valence-corrected chi connectivity index (χ3v) is 3.65. The molecule has 1 aliphatic carbocycles. The molecule has 2 rings (SSSR count). The maximum atomic E-state index is 6.00. The van der Waals surface area contributed by atoms with E-state index >= 15 is 0 Å². The van der Waals surface area contributed by atoms with Gasteiger partial charge in [0, 0.05) is 13.0 Å². The zero-order chi connectivity index (χ0) is 13.0. The Hall–Kier alpha value is -1.05. The second-order valence-corrected chi connectivity index (χ2v) is 4.82. The molecule has 0 amide bonds. The lowest BCUT2D eigenvalue weighted by molar-refractivity contribution is -0.0617. The van der Waals surface area contributed by atoms with Gasteiger partial charge in [-0.1, -0.05) is 12.8 Å². The van der Waals surface area contributed by atoms with Crippen LogP contribution in [0.25, 0.3) is 0 Å². The molecule has 1 atom stereocenters. The zero-order valence-corrected chi connectivity index (χ0v) is 11.1. The van der Waals surface area contributed by atoms with Crippen LogP contribution in [0.4, 0.5) is 0 Å². The summed E-state index contributed by atoms with van der Waals surface area (Å²) in [4.78, 5) is 1.46. The second-order valence-electron chi connectivity index (χ2n) is 4.82. The molecule has 1 aromatic rings. The fourth-order valence-corrected chi connectivity index (χ4v) is 2.84. The largest absolute Gasteiger partial charge is 0.374 e. The van der Waals surface area contributed by atoms with Crippen LogP contribution in [-0.2, 0) is 18.2 Å². The predicted octanol–water partition coefficient (Wildman–Crippen LogP) is -0.0662. The van der Waals surface area contributed by atoms with Crippen molar-refractivity contribution in [2.24, 2.45) is 12.9 Å². The molecule has 1 saturated carbocycles. The molecule has 18 heavy (non-hydrogen) atoms. The SMILES string of the molecule is CCOC1(C(Cc2nnn(C)n2)NN)CCCC1. The van der Waals surface area contributed by atoms with E-state index in [1.165, 1.54) is 17.6 Å². The van der Waals surface area contributed by atoms with Crippen molar-refractivity contribution in [1.29, 1.82) is 0 Å². The van der Waals surface area contributed by atoms with Crippen molar-refractivity contribution >= 4 is 0 Å². The highest BCUT2D eigenvalue weighted by Crippen LogP contribution is 2.36. The molecule has 1 unspecified atom stereocenters. The van der Waals surface area contributed by atoms with E-state index in [-0.39, 0.29) is 11.6 Å². The van der Waals surface area contributed by atoms with Gasteiger partial charge >= 0.3 is 0 Å². The predicted molar refractivity (Wildman–Crippen MR) is 66.4 cm³/mol. The number of hydrazine groups is 1. The molecule has 1 fully saturated rings. The van der Waals surface area contributed by atoms with Crippen LogP contribution in [-0.4, -0.2) is 38.5 Å². The Labute approximate surface area is 107 Å². The Morgan fingerprint density at radius 3 is 2.72 bits per heavy atom. The van der Waals surface area contributed by atoms with Crippen molar-refractivity contribution in [3.8, 4) is 0 Å². The fourth-order valence-electron chi connectivity index (χ4n) is 2.84. The average Bonchev–Trinajstić information content (AvgIpc) is 2.97. The van der Waals surface area contributed by atoms with Crippen LogP contribution in [0.15, 0.2) is 0 Å². The number of nitrogens with zero attached hydrogens (tertiary/aromatic N) is 4. The van der Waals surface area contributed by atoms with Gasteiger partial charge in [0.25, 0.3) is 0 Å². The lowest BCUT2D eigenvalue weighted by Crippen LogP contribution is -2.54. The van der Waals surface area contributed by atoms with E-state index in [0.717, 1.165) is 12.8 Å². The van der Waals surface area contributed by atoms with Crippen molar-refractivity contribution < 1.29 is 4.74 Å². The molecule has 1 aromatic heterocycles. The molecule has 0 aliphatic heterocycles. The monoisotopic (exact) mass is 254 g/mol. The van der Waals surface area contributed by atoms with Gasteiger partial charge in [0.1, 0.15) is 0 Å². The molecule has 3 N–H and O–H groups in total. The summed E-state index contributed by atoms with van der Waals surface area (Å²) < 4.78 is 6.00. The van der Waals surface area contributed by atoms with Crippen molar-refractivity contribution in [1.82, 2.24) is 25.6 Å². The average molecular weight is 254 g/mol. The minimum atomic E-state index is -0.178. The highest BCUT2D eigenvalue weighted by molar-refractivity contribution is 5.00. The number of tetrazole rings is 1. The van der Waals surface area contributed by atoms with E-state index in [1.54, 1.807) is 7.05 Å². The number of aryl methyl sites for hydroxylation is 1. The molecule has 7 nitrogen and oxygen atoms in total. The van der Waals surface area contributed by atoms with Crippen LogP contribution >= 0.6 is 0 Å². The van der Waals surface area contributed by atoms with Crippen LogP contribution < -0.4 is 11.3 Å². The first-order valence-corrected chi connectivity index (χ1v) is 6.53. The summed E-state index contributed by atoms with van der Waals surface area (Å²) in [5, 5.41) is 12.1. The molecular formula is C11H22N6O. The Kier molecular flexibility index (Phi) is 4.26. The van der Waals surface area contributed by atoms with Gasteiger partial charge in [0.2, 0.25) is 0 Å². The molecule has 0 radical (unpaired) electrons. The van der Waals surface area contributed by atoms with Crippen LogP contribution in [0.1, 0.15) is 38.4 Å². The number of nitrogens with two attached hydrogens (primary N) is 1. The molecule has 1 aliphatic rings. The van der Waals surface area contributed by atoms with Crippen LogP contribution in [0.2, 0.25) is 0 Å². The van der Waals surface area contributed by atoms with Gasteiger partial charge in [-0.05, 0) is 25.0 Å². The van der Waals surface area contributed by atoms with E-state index in [2.05, 4.69) is 20.8 Å². The standard InChI is InChI=1S/C11H22N6O/c1-3-18-11(6-4-5-7-11)9(13-12)8-10-14-16-17(2)15-10/h9,13H,3-8,12H2,1-2H3. The fraction of sp³-hybridized carbons (Fsp3) is 0.909. The normalized spacial score (nSPS) is 20.2. The van der Waals surface area contributed by atoms with E-state index in [0.29, 0.717) is 18.9 Å². The van der Waals surface area contributed by atoms with Gasteiger partial charge in [-0.3, -0.25) is 11.3 Å². The van der Waals surface area contributed by atoms with Gasteiger partial charge in [0.05, 0.1) is 18.7 Å². The Morgan fingerprint density at radius 2 is 2.22 bits per heavy atom. The number of aromatic nitrogens is 4. The summed E-state index contributed by atoms with van der Waals surface area (Å²) in [7, 11) is 1.76. The third-order valence-electron chi connectivity index (χ3n) is 3.65. The number of hydrogen-bond donors (Lipinski definition) is 2. The molecule has 7 heteroatoms. The van der Waals surface area contributed by atoms with Crippen LogP contribution in [0, 0.1) is 0 Å². The van der Waals surface area contributed by atoms with E-state index < -0.39 is 0 Å². The van der Waals surface area contributed by atoms with E-state index in [1.807, 2.05) is 6.92 Å². The molecule has 102 valence electrons. The maximum Gasteiger partial charge on any atom is 0.176 e. The molecule has 0 bridgehead atoms. The molecule has 1 heterocycles. The van der Waals surface area contributed by atoms with Crippen molar-refractivity contribution in [3.63, 3.8) is 0 Å². The first kappa shape index (κ1) is 13.4. The maximum absolute atomic E-state index is 6.00. The first-order valence-electron chi connectivity index (χ1n) is 6.53. The number of nitrogens with one attached hydrogen (secondary N) is 1.